The SMILES string of the molecule is Cc1cc(C)c(C#N)c(Nc2cc(Cl)c(C)cc2Br)n1. The molecule has 0 saturated heterocycles. The molecule has 2 rings (SSSR count). The number of hydrogen-bond acceptors (Lipinski definition) is 3. The first kappa shape index (κ1) is 14.8. The molecule has 102 valence electrons. The lowest BCUT2D eigenvalue weighted by Crippen LogP contribution is -2.01. The summed E-state index contributed by atoms with van der Waals surface area (Å²) >= 11 is 9.63. The van der Waals surface area contributed by atoms with E-state index in [0.29, 0.717) is 16.4 Å². The Morgan fingerprint density at radius 1 is 1.20 bits per heavy atom. The van der Waals surface area contributed by atoms with E-state index in [0.717, 1.165) is 27.0 Å². The molecule has 1 aromatic carbocycles. The van der Waals surface area contributed by atoms with Crippen LogP contribution in [0.2, 0.25) is 5.02 Å². The first-order valence-electron chi connectivity index (χ1n) is 6.03. The summed E-state index contributed by atoms with van der Waals surface area (Å²) in [5, 5.41) is 13.1. The van der Waals surface area contributed by atoms with E-state index < -0.39 is 0 Å². The zero-order valence-corrected chi connectivity index (χ0v) is 13.7. The van der Waals surface area contributed by atoms with Gasteiger partial charge in [0.25, 0.3) is 0 Å². The van der Waals surface area contributed by atoms with Crippen LogP contribution in [0.5, 0.6) is 0 Å². The number of aryl methyl sites for hydroxylation is 3. The fourth-order valence-electron chi connectivity index (χ4n) is 1.94. The van der Waals surface area contributed by atoms with Crippen molar-refractivity contribution in [1.82, 2.24) is 4.98 Å². The molecule has 1 heterocycles. The van der Waals surface area contributed by atoms with Crippen LogP contribution in [-0.4, -0.2) is 4.98 Å². The summed E-state index contributed by atoms with van der Waals surface area (Å²) in [4.78, 5) is 4.40. The first-order chi connectivity index (χ1) is 9.42. The molecule has 0 unspecified atom stereocenters. The summed E-state index contributed by atoms with van der Waals surface area (Å²) in [7, 11) is 0. The molecule has 1 aromatic heterocycles. The normalized spacial score (nSPS) is 10.2. The van der Waals surface area contributed by atoms with Gasteiger partial charge in [-0.1, -0.05) is 11.6 Å². The van der Waals surface area contributed by atoms with Crippen molar-refractivity contribution in [2.45, 2.75) is 20.8 Å². The van der Waals surface area contributed by atoms with Gasteiger partial charge in [-0.15, -0.1) is 0 Å². The number of pyridine rings is 1. The monoisotopic (exact) mass is 349 g/mol. The van der Waals surface area contributed by atoms with E-state index in [4.69, 9.17) is 11.6 Å². The van der Waals surface area contributed by atoms with Gasteiger partial charge in [0.05, 0.1) is 11.3 Å². The highest BCUT2D eigenvalue weighted by Crippen LogP contribution is 2.32. The average Bonchev–Trinajstić information content (AvgIpc) is 2.35. The van der Waals surface area contributed by atoms with Gasteiger partial charge in [-0.2, -0.15) is 5.26 Å². The molecule has 0 saturated carbocycles. The number of anilines is 2. The molecule has 5 heteroatoms. The van der Waals surface area contributed by atoms with Crippen molar-refractivity contribution >= 4 is 39.0 Å². The van der Waals surface area contributed by atoms with E-state index in [1.54, 1.807) is 0 Å². The molecule has 0 atom stereocenters. The second kappa shape index (κ2) is 5.82. The maximum absolute atomic E-state index is 9.27. The summed E-state index contributed by atoms with van der Waals surface area (Å²) in [6.07, 6.45) is 0. The summed E-state index contributed by atoms with van der Waals surface area (Å²) in [6.45, 7) is 5.73. The van der Waals surface area contributed by atoms with Crippen molar-refractivity contribution in [3.8, 4) is 6.07 Å². The van der Waals surface area contributed by atoms with E-state index in [9.17, 15) is 5.26 Å². The highest BCUT2D eigenvalue weighted by atomic mass is 79.9. The third-order valence-electron chi connectivity index (χ3n) is 2.96. The number of benzene rings is 1. The third kappa shape index (κ3) is 2.95. The minimum Gasteiger partial charge on any atom is -0.338 e. The maximum Gasteiger partial charge on any atom is 0.148 e. The average molecular weight is 351 g/mol. The van der Waals surface area contributed by atoms with E-state index in [1.807, 2.05) is 39.0 Å². The van der Waals surface area contributed by atoms with Crippen LogP contribution in [0, 0.1) is 32.1 Å². The Bertz CT molecular complexity index is 720. The highest BCUT2D eigenvalue weighted by Gasteiger charge is 2.11. The predicted octanol–water partition coefficient (Wildman–Crippen LogP) is 5.04. The summed E-state index contributed by atoms with van der Waals surface area (Å²) < 4.78 is 0.879. The number of nitriles is 1. The Morgan fingerprint density at radius 3 is 2.55 bits per heavy atom. The lowest BCUT2D eigenvalue weighted by molar-refractivity contribution is 1.16. The lowest BCUT2D eigenvalue weighted by Gasteiger charge is -2.13. The molecule has 0 aliphatic carbocycles. The minimum atomic E-state index is 0.541. The Labute approximate surface area is 131 Å². The predicted molar refractivity (Wildman–Crippen MR) is 85.6 cm³/mol. The summed E-state index contributed by atoms with van der Waals surface area (Å²) in [5.74, 6) is 0.547. The standard InChI is InChI=1S/C15H13BrClN3/c1-8-4-10(3)19-15(11(8)7-18)20-14-6-13(17)9(2)5-12(14)16/h4-6H,1-3H3,(H,19,20). The number of rotatable bonds is 2. The molecular formula is C15H13BrClN3. The number of nitrogens with one attached hydrogen (secondary N) is 1. The fourth-order valence-corrected chi connectivity index (χ4v) is 2.66. The van der Waals surface area contributed by atoms with E-state index in [2.05, 4.69) is 32.3 Å². The minimum absolute atomic E-state index is 0.541. The van der Waals surface area contributed by atoms with Gasteiger partial charge in [0.15, 0.2) is 0 Å². The lowest BCUT2D eigenvalue weighted by atomic mass is 10.1. The fraction of sp³-hybridized carbons (Fsp3) is 0.200. The van der Waals surface area contributed by atoms with Crippen LogP contribution >= 0.6 is 27.5 Å². The van der Waals surface area contributed by atoms with E-state index >= 15 is 0 Å². The Morgan fingerprint density at radius 2 is 1.90 bits per heavy atom. The van der Waals surface area contributed by atoms with Gasteiger partial charge in [0, 0.05) is 15.2 Å². The van der Waals surface area contributed by atoms with Crippen LogP contribution in [0.15, 0.2) is 22.7 Å². The van der Waals surface area contributed by atoms with Gasteiger partial charge in [0.2, 0.25) is 0 Å². The number of aromatic nitrogens is 1. The van der Waals surface area contributed by atoms with Crippen LogP contribution < -0.4 is 5.32 Å². The number of halogens is 2. The van der Waals surface area contributed by atoms with Gasteiger partial charge >= 0.3 is 0 Å². The molecule has 0 bridgehead atoms. The second-order valence-electron chi connectivity index (χ2n) is 4.62. The van der Waals surface area contributed by atoms with Crippen molar-refractivity contribution in [3.05, 3.63) is 50.1 Å². The van der Waals surface area contributed by atoms with E-state index in [-0.39, 0.29) is 0 Å². The van der Waals surface area contributed by atoms with Crippen molar-refractivity contribution in [2.24, 2.45) is 0 Å². The van der Waals surface area contributed by atoms with Gasteiger partial charge in [0.1, 0.15) is 11.9 Å². The Kier molecular flexibility index (Phi) is 4.32. The molecular weight excluding hydrogens is 338 g/mol. The summed E-state index contributed by atoms with van der Waals surface area (Å²) in [6, 6.07) is 7.82. The molecule has 0 spiro atoms. The highest BCUT2D eigenvalue weighted by molar-refractivity contribution is 9.10. The van der Waals surface area contributed by atoms with E-state index in [1.165, 1.54) is 0 Å². The number of nitrogens with zero attached hydrogens (tertiary/aromatic N) is 2. The molecule has 0 aliphatic heterocycles. The summed E-state index contributed by atoms with van der Waals surface area (Å²) in [5.41, 5.74) is 4.07. The third-order valence-corrected chi connectivity index (χ3v) is 4.02. The maximum atomic E-state index is 9.27. The molecule has 0 radical (unpaired) electrons. The van der Waals surface area contributed by atoms with Crippen LogP contribution in [0.4, 0.5) is 11.5 Å². The largest absolute Gasteiger partial charge is 0.338 e. The van der Waals surface area contributed by atoms with Crippen molar-refractivity contribution in [1.29, 1.82) is 5.26 Å². The molecule has 0 fully saturated rings. The molecule has 20 heavy (non-hydrogen) atoms. The Balaban J connectivity index is 2.51. The Hall–Kier alpha value is -1.57. The van der Waals surface area contributed by atoms with Crippen LogP contribution in [0.25, 0.3) is 0 Å². The van der Waals surface area contributed by atoms with Crippen molar-refractivity contribution < 1.29 is 0 Å². The quantitative estimate of drug-likeness (QED) is 0.825. The van der Waals surface area contributed by atoms with Gasteiger partial charge in [-0.05, 0) is 66.0 Å². The molecule has 0 amide bonds. The zero-order chi connectivity index (χ0) is 14.9. The van der Waals surface area contributed by atoms with Crippen molar-refractivity contribution in [2.75, 3.05) is 5.32 Å². The van der Waals surface area contributed by atoms with Crippen LogP contribution in [0.3, 0.4) is 0 Å². The van der Waals surface area contributed by atoms with Crippen LogP contribution in [0.1, 0.15) is 22.4 Å². The first-order valence-corrected chi connectivity index (χ1v) is 7.20. The van der Waals surface area contributed by atoms with Gasteiger partial charge < -0.3 is 5.32 Å². The molecule has 3 nitrogen and oxygen atoms in total. The smallest absolute Gasteiger partial charge is 0.148 e. The number of hydrogen-bond donors (Lipinski definition) is 1. The molecule has 2 aromatic rings. The van der Waals surface area contributed by atoms with Crippen LogP contribution in [-0.2, 0) is 0 Å². The zero-order valence-electron chi connectivity index (χ0n) is 11.4. The second-order valence-corrected chi connectivity index (χ2v) is 5.88. The molecule has 1 N–H and O–H groups in total. The topological polar surface area (TPSA) is 48.7 Å². The van der Waals surface area contributed by atoms with Gasteiger partial charge in [-0.3, -0.25) is 0 Å². The van der Waals surface area contributed by atoms with Gasteiger partial charge in [-0.25, -0.2) is 4.98 Å². The molecule has 0 aliphatic rings. The van der Waals surface area contributed by atoms with Crippen molar-refractivity contribution in [3.63, 3.8) is 0 Å².